The lowest BCUT2D eigenvalue weighted by Gasteiger charge is -2.06. The first kappa shape index (κ1) is 23.7. The minimum absolute atomic E-state index is 0.0330. The van der Waals surface area contributed by atoms with Gasteiger partial charge in [-0.05, 0) is 60.5 Å². The molecule has 0 unspecified atom stereocenters. The number of nitrogens with one attached hydrogen (secondary N) is 1. The van der Waals surface area contributed by atoms with Crippen LogP contribution in [0.15, 0.2) is 77.7 Å². The zero-order chi connectivity index (χ0) is 23.8. The van der Waals surface area contributed by atoms with Crippen molar-refractivity contribution in [3.05, 3.63) is 95.1 Å². The number of sulfonamides is 1. The molecule has 0 aliphatic heterocycles. The molecular formula is C25H22N2O5S. The van der Waals surface area contributed by atoms with Crippen molar-refractivity contribution < 1.29 is 22.7 Å². The third kappa shape index (κ3) is 7.04. The summed E-state index contributed by atoms with van der Waals surface area (Å²) in [6.45, 7) is 0. The number of anilines is 1. The third-order valence-electron chi connectivity index (χ3n) is 4.67. The second-order valence-corrected chi connectivity index (χ2v) is 8.70. The van der Waals surface area contributed by atoms with Crippen molar-refractivity contribution in [1.29, 1.82) is 0 Å². The normalized spacial score (nSPS) is 10.6. The summed E-state index contributed by atoms with van der Waals surface area (Å²) in [7, 11) is -2.41. The van der Waals surface area contributed by atoms with Gasteiger partial charge in [0.25, 0.3) is 0 Å². The van der Waals surface area contributed by atoms with Crippen molar-refractivity contribution in [3.63, 3.8) is 0 Å². The third-order valence-corrected chi connectivity index (χ3v) is 5.60. The van der Waals surface area contributed by atoms with E-state index in [1.165, 1.54) is 19.2 Å². The topological polar surface area (TPSA) is 116 Å². The van der Waals surface area contributed by atoms with Gasteiger partial charge in [-0.1, -0.05) is 36.1 Å². The lowest BCUT2D eigenvalue weighted by Crippen LogP contribution is -2.13. The van der Waals surface area contributed by atoms with Gasteiger partial charge in [0, 0.05) is 23.2 Å². The van der Waals surface area contributed by atoms with E-state index in [1.54, 1.807) is 54.6 Å². The predicted molar refractivity (Wildman–Crippen MR) is 125 cm³/mol. The van der Waals surface area contributed by atoms with Gasteiger partial charge in [0.15, 0.2) is 0 Å². The molecule has 1 amide bonds. The van der Waals surface area contributed by atoms with Crippen LogP contribution in [0.4, 0.5) is 5.69 Å². The van der Waals surface area contributed by atoms with E-state index < -0.39 is 16.0 Å². The molecule has 3 N–H and O–H groups in total. The first-order chi connectivity index (χ1) is 15.7. The Morgan fingerprint density at radius 3 is 2.21 bits per heavy atom. The van der Waals surface area contributed by atoms with E-state index in [0.29, 0.717) is 28.8 Å². The SMILES string of the molecule is COC(=O)c1cccc(C#Cc2cccc(NC(=O)CCc3ccc(S(N)(=O)=O)cc3)c2)c1. The van der Waals surface area contributed by atoms with Crippen LogP contribution in [0.2, 0.25) is 0 Å². The Morgan fingerprint density at radius 2 is 1.58 bits per heavy atom. The highest BCUT2D eigenvalue weighted by molar-refractivity contribution is 7.89. The lowest BCUT2D eigenvalue weighted by atomic mass is 10.1. The van der Waals surface area contributed by atoms with Gasteiger partial charge in [0.1, 0.15) is 0 Å². The Balaban J connectivity index is 1.61. The van der Waals surface area contributed by atoms with Crippen molar-refractivity contribution in [3.8, 4) is 11.8 Å². The quantitative estimate of drug-likeness (QED) is 0.431. The summed E-state index contributed by atoms with van der Waals surface area (Å²) in [6, 6.07) is 20.1. The number of methoxy groups -OCH3 is 1. The molecule has 0 spiro atoms. The minimum Gasteiger partial charge on any atom is -0.465 e. The first-order valence-corrected chi connectivity index (χ1v) is 11.5. The van der Waals surface area contributed by atoms with Gasteiger partial charge < -0.3 is 10.1 Å². The highest BCUT2D eigenvalue weighted by atomic mass is 32.2. The average molecular weight is 463 g/mol. The molecule has 0 saturated heterocycles. The maximum absolute atomic E-state index is 12.3. The van der Waals surface area contributed by atoms with Crippen LogP contribution in [-0.2, 0) is 26.0 Å². The molecule has 3 aromatic rings. The van der Waals surface area contributed by atoms with Gasteiger partial charge in [0.2, 0.25) is 15.9 Å². The number of carbonyl (C=O) groups excluding carboxylic acids is 2. The van der Waals surface area contributed by atoms with Crippen LogP contribution in [0.1, 0.15) is 33.5 Å². The van der Waals surface area contributed by atoms with E-state index in [-0.39, 0.29) is 17.2 Å². The zero-order valence-corrected chi connectivity index (χ0v) is 18.7. The van der Waals surface area contributed by atoms with Gasteiger partial charge >= 0.3 is 5.97 Å². The fourth-order valence-corrected chi connectivity index (χ4v) is 3.50. The zero-order valence-electron chi connectivity index (χ0n) is 17.9. The molecule has 0 atom stereocenters. The largest absolute Gasteiger partial charge is 0.465 e. The summed E-state index contributed by atoms with van der Waals surface area (Å²) in [6.07, 6.45) is 0.678. The fraction of sp³-hybridized carbons (Fsp3) is 0.120. The van der Waals surface area contributed by atoms with Crippen LogP contribution >= 0.6 is 0 Å². The number of esters is 1. The molecule has 7 nitrogen and oxygen atoms in total. The molecule has 0 heterocycles. The molecule has 0 aliphatic carbocycles. The number of primary sulfonamides is 1. The summed E-state index contributed by atoms with van der Waals surface area (Å²) in [5.41, 5.74) is 3.23. The Hall–Kier alpha value is -3.93. The van der Waals surface area contributed by atoms with E-state index in [4.69, 9.17) is 9.88 Å². The number of rotatable bonds is 6. The van der Waals surface area contributed by atoms with Crippen molar-refractivity contribution in [2.45, 2.75) is 17.7 Å². The van der Waals surface area contributed by atoms with Crippen LogP contribution < -0.4 is 10.5 Å². The summed E-state index contributed by atoms with van der Waals surface area (Å²) < 4.78 is 27.3. The van der Waals surface area contributed by atoms with Gasteiger partial charge in [-0.2, -0.15) is 0 Å². The molecule has 3 aromatic carbocycles. The van der Waals surface area contributed by atoms with E-state index >= 15 is 0 Å². The summed E-state index contributed by atoms with van der Waals surface area (Å²) in [4.78, 5) is 24.0. The van der Waals surface area contributed by atoms with Crippen LogP contribution in [0.3, 0.4) is 0 Å². The van der Waals surface area contributed by atoms with Crippen molar-refractivity contribution in [2.24, 2.45) is 5.14 Å². The number of benzene rings is 3. The summed E-state index contributed by atoms with van der Waals surface area (Å²) >= 11 is 0. The Morgan fingerprint density at radius 1 is 0.939 bits per heavy atom. The molecule has 0 radical (unpaired) electrons. The van der Waals surface area contributed by atoms with E-state index in [1.807, 2.05) is 6.07 Å². The van der Waals surface area contributed by atoms with Gasteiger partial charge in [0.05, 0.1) is 17.6 Å². The molecule has 8 heteroatoms. The van der Waals surface area contributed by atoms with E-state index in [9.17, 15) is 18.0 Å². The van der Waals surface area contributed by atoms with Crippen LogP contribution in [-0.4, -0.2) is 27.4 Å². The number of nitrogens with two attached hydrogens (primary N) is 1. The highest BCUT2D eigenvalue weighted by Gasteiger charge is 2.08. The number of hydrogen-bond donors (Lipinski definition) is 2. The predicted octanol–water partition coefficient (Wildman–Crippen LogP) is 3.09. The summed E-state index contributed by atoms with van der Waals surface area (Å²) in [5, 5.41) is 7.92. The number of carbonyl (C=O) groups is 2. The monoisotopic (exact) mass is 462 g/mol. The molecule has 0 aliphatic rings. The Labute approximate surface area is 192 Å². The number of hydrogen-bond acceptors (Lipinski definition) is 5. The van der Waals surface area contributed by atoms with Gasteiger partial charge in [-0.25, -0.2) is 18.4 Å². The van der Waals surface area contributed by atoms with E-state index in [0.717, 1.165) is 5.56 Å². The van der Waals surface area contributed by atoms with Gasteiger partial charge in [-0.15, -0.1) is 0 Å². The standard InChI is InChI=1S/C25H22N2O5S/c1-32-25(29)21-6-2-4-19(16-21)8-9-20-5-3-7-22(17-20)27-24(28)15-12-18-10-13-23(14-11-18)33(26,30)31/h2-7,10-11,13-14,16-17H,12,15H2,1H3,(H,27,28)(H2,26,30,31). The van der Waals surface area contributed by atoms with Crippen molar-refractivity contribution >= 4 is 27.6 Å². The molecular weight excluding hydrogens is 440 g/mol. The van der Waals surface area contributed by atoms with Crippen LogP contribution in [0.25, 0.3) is 0 Å². The average Bonchev–Trinajstić information content (AvgIpc) is 2.81. The lowest BCUT2D eigenvalue weighted by molar-refractivity contribution is -0.116. The molecule has 0 saturated carbocycles. The number of amides is 1. The smallest absolute Gasteiger partial charge is 0.337 e. The minimum atomic E-state index is -3.74. The fourth-order valence-electron chi connectivity index (χ4n) is 2.99. The molecule has 3 rings (SSSR count). The maximum atomic E-state index is 12.3. The highest BCUT2D eigenvalue weighted by Crippen LogP contribution is 2.13. The Bertz CT molecular complexity index is 1340. The molecule has 168 valence electrons. The van der Waals surface area contributed by atoms with Crippen LogP contribution in [0, 0.1) is 11.8 Å². The molecule has 0 aromatic heterocycles. The molecule has 0 fully saturated rings. The second kappa shape index (κ2) is 10.6. The van der Waals surface area contributed by atoms with E-state index in [2.05, 4.69) is 17.2 Å². The van der Waals surface area contributed by atoms with Gasteiger partial charge in [-0.3, -0.25) is 4.79 Å². The molecule has 33 heavy (non-hydrogen) atoms. The maximum Gasteiger partial charge on any atom is 0.337 e. The second-order valence-electron chi connectivity index (χ2n) is 7.14. The van der Waals surface area contributed by atoms with Crippen LogP contribution in [0.5, 0.6) is 0 Å². The van der Waals surface area contributed by atoms with Crippen molar-refractivity contribution in [1.82, 2.24) is 0 Å². The van der Waals surface area contributed by atoms with Crippen molar-refractivity contribution in [2.75, 3.05) is 12.4 Å². The first-order valence-electron chi connectivity index (χ1n) is 9.96. The summed E-state index contributed by atoms with van der Waals surface area (Å²) in [5.74, 6) is 5.42. The number of aryl methyl sites for hydroxylation is 1. The Kier molecular flexibility index (Phi) is 7.61. The molecule has 0 bridgehead atoms. The number of ether oxygens (including phenoxy) is 1.